The third kappa shape index (κ3) is 4.47. The summed E-state index contributed by atoms with van der Waals surface area (Å²) in [5.41, 5.74) is 2.59. The Hall–Kier alpha value is -1.71. The molecule has 25 heavy (non-hydrogen) atoms. The van der Waals surface area contributed by atoms with Gasteiger partial charge in [-0.15, -0.1) is 0 Å². The van der Waals surface area contributed by atoms with Crippen molar-refractivity contribution < 1.29 is 9.47 Å². The predicted octanol–water partition coefficient (Wildman–Crippen LogP) is 5.00. The quantitative estimate of drug-likeness (QED) is 0.754. The van der Waals surface area contributed by atoms with E-state index in [4.69, 9.17) is 21.1 Å². The van der Waals surface area contributed by atoms with E-state index in [0.29, 0.717) is 11.8 Å². The number of likely N-dealkylation sites (N-methyl/N-ethyl adjacent to an activating group) is 1. The summed E-state index contributed by atoms with van der Waals surface area (Å²) in [5.74, 6) is 2.72. The van der Waals surface area contributed by atoms with Crippen molar-refractivity contribution in [1.29, 1.82) is 0 Å². The van der Waals surface area contributed by atoms with Crippen LogP contribution in [0, 0.1) is 0 Å². The van der Waals surface area contributed by atoms with Crippen LogP contribution in [0.25, 0.3) is 0 Å². The van der Waals surface area contributed by atoms with E-state index in [1.54, 1.807) is 7.11 Å². The Morgan fingerprint density at radius 2 is 2.16 bits per heavy atom. The van der Waals surface area contributed by atoms with Crippen LogP contribution in [0.5, 0.6) is 11.5 Å². The molecule has 4 heteroatoms. The Balaban J connectivity index is 1.83. The number of nitrogens with one attached hydrogen (secondary N) is 1. The van der Waals surface area contributed by atoms with Crippen LogP contribution in [0.4, 0.5) is 0 Å². The maximum Gasteiger partial charge on any atom is 0.126 e. The molecule has 0 saturated heterocycles. The Labute approximate surface area is 155 Å². The lowest BCUT2D eigenvalue weighted by molar-refractivity contribution is 0.256. The van der Waals surface area contributed by atoms with Crippen molar-refractivity contribution in [1.82, 2.24) is 5.32 Å². The molecule has 134 valence electrons. The summed E-state index contributed by atoms with van der Waals surface area (Å²) in [6, 6.07) is 14.4. The molecule has 0 amide bonds. The zero-order valence-electron chi connectivity index (χ0n) is 14.9. The van der Waals surface area contributed by atoms with Gasteiger partial charge in [-0.1, -0.05) is 36.7 Å². The zero-order chi connectivity index (χ0) is 17.6. The third-order valence-corrected chi connectivity index (χ3v) is 5.15. The molecule has 1 aliphatic rings. The second-order valence-corrected chi connectivity index (χ2v) is 6.97. The number of halogens is 1. The fourth-order valence-corrected chi connectivity index (χ4v) is 3.77. The van der Waals surface area contributed by atoms with Crippen LogP contribution in [0.1, 0.15) is 42.7 Å². The molecule has 0 saturated carbocycles. The van der Waals surface area contributed by atoms with Crippen LogP contribution in [0.3, 0.4) is 0 Å². The van der Waals surface area contributed by atoms with Gasteiger partial charge in [-0.2, -0.15) is 0 Å². The fourth-order valence-electron chi connectivity index (χ4n) is 3.58. The van der Waals surface area contributed by atoms with Crippen molar-refractivity contribution in [2.75, 3.05) is 26.8 Å². The molecule has 1 aliphatic heterocycles. The van der Waals surface area contributed by atoms with Gasteiger partial charge in [-0.25, -0.2) is 0 Å². The summed E-state index contributed by atoms with van der Waals surface area (Å²) in [4.78, 5) is 0. The Morgan fingerprint density at radius 1 is 1.28 bits per heavy atom. The van der Waals surface area contributed by atoms with Crippen LogP contribution >= 0.6 is 11.6 Å². The molecule has 2 atom stereocenters. The molecule has 1 N–H and O–H groups in total. The summed E-state index contributed by atoms with van der Waals surface area (Å²) in [6.45, 7) is 4.83. The second kappa shape index (κ2) is 8.59. The van der Waals surface area contributed by atoms with Gasteiger partial charge in [0.05, 0.1) is 13.7 Å². The van der Waals surface area contributed by atoms with Crippen molar-refractivity contribution in [3.8, 4) is 11.5 Å². The van der Waals surface area contributed by atoms with Gasteiger partial charge in [0.2, 0.25) is 0 Å². The number of hydrogen-bond donors (Lipinski definition) is 1. The molecule has 0 fully saturated rings. The normalized spacial score (nSPS) is 17.5. The van der Waals surface area contributed by atoms with E-state index < -0.39 is 0 Å². The lowest BCUT2D eigenvalue weighted by atomic mass is 9.82. The van der Waals surface area contributed by atoms with Crippen molar-refractivity contribution >= 4 is 11.6 Å². The minimum Gasteiger partial charge on any atom is -0.497 e. The van der Waals surface area contributed by atoms with E-state index in [1.807, 2.05) is 24.3 Å². The van der Waals surface area contributed by atoms with Gasteiger partial charge in [0, 0.05) is 17.6 Å². The van der Waals surface area contributed by atoms with Gasteiger partial charge >= 0.3 is 0 Å². The van der Waals surface area contributed by atoms with Crippen molar-refractivity contribution in [2.24, 2.45) is 0 Å². The highest BCUT2D eigenvalue weighted by atomic mass is 35.5. The number of hydrogen-bond acceptors (Lipinski definition) is 3. The first-order chi connectivity index (χ1) is 12.2. The largest absolute Gasteiger partial charge is 0.497 e. The summed E-state index contributed by atoms with van der Waals surface area (Å²) >= 11 is 6.23. The third-order valence-electron chi connectivity index (χ3n) is 4.91. The lowest BCUT2D eigenvalue weighted by Crippen LogP contribution is -2.24. The first-order valence-electron chi connectivity index (χ1n) is 8.98. The minimum absolute atomic E-state index is 0.428. The predicted molar refractivity (Wildman–Crippen MR) is 103 cm³/mol. The number of methoxy groups -OCH3 is 1. The molecule has 3 nitrogen and oxygen atoms in total. The molecule has 2 unspecified atom stereocenters. The number of ether oxygens (including phenoxy) is 2. The molecular formula is C21H26ClNO2. The lowest BCUT2D eigenvalue weighted by Gasteiger charge is -2.30. The standard InChI is InChI=1S/C21H26ClNO2/c1-3-23-14-17(15-5-4-6-18(22)12-15)11-16-9-10-25-21-13-19(24-2)7-8-20(16)21/h4-8,12-13,16-17,23H,3,9-11,14H2,1-2H3. The topological polar surface area (TPSA) is 30.5 Å². The summed E-state index contributed by atoms with van der Waals surface area (Å²) in [5, 5.41) is 4.31. The zero-order valence-corrected chi connectivity index (χ0v) is 15.7. The minimum atomic E-state index is 0.428. The molecule has 0 spiro atoms. The van der Waals surface area contributed by atoms with Crippen molar-refractivity contribution in [2.45, 2.75) is 31.6 Å². The van der Waals surface area contributed by atoms with Gasteiger partial charge in [-0.05, 0) is 60.5 Å². The molecule has 0 aromatic heterocycles. The number of benzene rings is 2. The van der Waals surface area contributed by atoms with E-state index in [1.165, 1.54) is 11.1 Å². The van der Waals surface area contributed by atoms with E-state index >= 15 is 0 Å². The molecular weight excluding hydrogens is 334 g/mol. The van der Waals surface area contributed by atoms with Gasteiger partial charge in [0.25, 0.3) is 0 Å². The first-order valence-corrected chi connectivity index (χ1v) is 9.36. The Morgan fingerprint density at radius 3 is 2.92 bits per heavy atom. The average Bonchev–Trinajstić information content (AvgIpc) is 2.64. The van der Waals surface area contributed by atoms with E-state index in [2.05, 4.69) is 30.4 Å². The van der Waals surface area contributed by atoms with E-state index in [-0.39, 0.29) is 0 Å². The monoisotopic (exact) mass is 359 g/mol. The van der Waals surface area contributed by atoms with Crippen molar-refractivity contribution in [3.05, 3.63) is 58.6 Å². The van der Waals surface area contributed by atoms with Crippen molar-refractivity contribution in [3.63, 3.8) is 0 Å². The highest BCUT2D eigenvalue weighted by molar-refractivity contribution is 6.30. The SMILES string of the molecule is CCNCC(CC1CCOc2cc(OC)ccc21)c1cccc(Cl)c1. The maximum atomic E-state index is 6.23. The Bertz CT molecular complexity index is 704. The summed E-state index contributed by atoms with van der Waals surface area (Å²) < 4.78 is 11.2. The average molecular weight is 360 g/mol. The fraction of sp³-hybridized carbons (Fsp3) is 0.429. The van der Waals surface area contributed by atoms with E-state index in [0.717, 1.165) is 49.1 Å². The smallest absolute Gasteiger partial charge is 0.126 e. The van der Waals surface area contributed by atoms with Crippen LogP contribution in [-0.2, 0) is 0 Å². The first kappa shape index (κ1) is 18.1. The molecule has 1 heterocycles. The van der Waals surface area contributed by atoms with Crippen LogP contribution in [0.2, 0.25) is 5.02 Å². The van der Waals surface area contributed by atoms with Crippen LogP contribution < -0.4 is 14.8 Å². The molecule has 0 radical (unpaired) electrons. The molecule has 0 aliphatic carbocycles. The molecule has 2 aromatic carbocycles. The molecule has 0 bridgehead atoms. The highest BCUT2D eigenvalue weighted by Gasteiger charge is 2.26. The molecule has 3 rings (SSSR count). The summed E-state index contributed by atoms with van der Waals surface area (Å²) in [6.07, 6.45) is 2.12. The maximum absolute atomic E-state index is 6.23. The van der Waals surface area contributed by atoms with E-state index in [9.17, 15) is 0 Å². The van der Waals surface area contributed by atoms with Gasteiger partial charge < -0.3 is 14.8 Å². The molecule has 2 aromatic rings. The van der Waals surface area contributed by atoms with Gasteiger partial charge in [0.15, 0.2) is 0 Å². The highest BCUT2D eigenvalue weighted by Crippen LogP contribution is 2.41. The van der Waals surface area contributed by atoms with Crippen LogP contribution in [-0.4, -0.2) is 26.8 Å². The van der Waals surface area contributed by atoms with Gasteiger partial charge in [-0.3, -0.25) is 0 Å². The second-order valence-electron chi connectivity index (χ2n) is 6.53. The number of fused-ring (bicyclic) bond motifs is 1. The van der Waals surface area contributed by atoms with Gasteiger partial charge in [0.1, 0.15) is 11.5 Å². The summed E-state index contributed by atoms with van der Waals surface area (Å²) in [7, 11) is 1.69. The Kier molecular flexibility index (Phi) is 6.22. The van der Waals surface area contributed by atoms with Crippen LogP contribution in [0.15, 0.2) is 42.5 Å². The number of rotatable bonds is 7.